The standard InChI is InChI=1S/C12H16N2O/c13-12(15)11-8-14-7-6-10(11)9-4-2-1-3-5-9/h1-5,10-11,14H,6-8H2,(H2,13,15). The maximum atomic E-state index is 11.3. The molecule has 3 nitrogen and oxygen atoms in total. The van der Waals surface area contributed by atoms with E-state index in [1.165, 1.54) is 5.56 Å². The zero-order chi connectivity index (χ0) is 10.7. The minimum Gasteiger partial charge on any atom is -0.369 e. The lowest BCUT2D eigenvalue weighted by Crippen LogP contribution is -2.42. The quantitative estimate of drug-likeness (QED) is 0.751. The molecule has 3 N–H and O–H groups in total. The van der Waals surface area contributed by atoms with Gasteiger partial charge in [-0.05, 0) is 24.4 Å². The van der Waals surface area contributed by atoms with Gasteiger partial charge in [0.2, 0.25) is 5.91 Å². The molecule has 1 heterocycles. The van der Waals surface area contributed by atoms with Gasteiger partial charge in [0.15, 0.2) is 0 Å². The van der Waals surface area contributed by atoms with E-state index < -0.39 is 0 Å². The van der Waals surface area contributed by atoms with Crippen LogP contribution in [0.3, 0.4) is 0 Å². The van der Waals surface area contributed by atoms with Crippen LogP contribution in [-0.2, 0) is 4.79 Å². The highest BCUT2D eigenvalue weighted by Gasteiger charge is 2.30. The third-order valence-electron chi connectivity index (χ3n) is 3.08. The highest BCUT2D eigenvalue weighted by Crippen LogP contribution is 2.29. The van der Waals surface area contributed by atoms with E-state index in [4.69, 9.17) is 5.73 Å². The molecule has 2 atom stereocenters. The van der Waals surface area contributed by atoms with Crippen molar-refractivity contribution in [3.8, 4) is 0 Å². The van der Waals surface area contributed by atoms with Crippen molar-refractivity contribution in [1.82, 2.24) is 5.32 Å². The lowest BCUT2D eigenvalue weighted by atomic mass is 9.81. The lowest BCUT2D eigenvalue weighted by molar-refractivity contribution is -0.122. The molecule has 15 heavy (non-hydrogen) atoms. The highest BCUT2D eigenvalue weighted by molar-refractivity contribution is 5.78. The normalized spacial score (nSPS) is 26.1. The van der Waals surface area contributed by atoms with Crippen molar-refractivity contribution in [2.75, 3.05) is 13.1 Å². The lowest BCUT2D eigenvalue weighted by Gasteiger charge is -2.30. The molecule has 1 aromatic rings. The molecular formula is C12H16N2O. The van der Waals surface area contributed by atoms with Crippen molar-refractivity contribution in [2.24, 2.45) is 11.7 Å². The summed E-state index contributed by atoms with van der Waals surface area (Å²) in [6.07, 6.45) is 0.984. The third kappa shape index (κ3) is 2.18. The topological polar surface area (TPSA) is 55.1 Å². The zero-order valence-corrected chi connectivity index (χ0v) is 8.65. The van der Waals surface area contributed by atoms with Gasteiger partial charge in [0.05, 0.1) is 5.92 Å². The Morgan fingerprint density at radius 3 is 2.73 bits per heavy atom. The molecule has 1 aromatic carbocycles. The number of primary amides is 1. The Bertz CT molecular complexity index is 337. The molecular weight excluding hydrogens is 188 g/mol. The fraction of sp³-hybridized carbons (Fsp3) is 0.417. The molecule has 1 amide bonds. The number of nitrogens with two attached hydrogens (primary N) is 1. The molecule has 0 radical (unpaired) electrons. The van der Waals surface area contributed by atoms with E-state index in [-0.39, 0.29) is 17.7 Å². The molecule has 0 aliphatic carbocycles. The first-order chi connectivity index (χ1) is 7.29. The summed E-state index contributed by atoms with van der Waals surface area (Å²) >= 11 is 0. The van der Waals surface area contributed by atoms with E-state index in [2.05, 4.69) is 17.4 Å². The van der Waals surface area contributed by atoms with Gasteiger partial charge < -0.3 is 11.1 Å². The van der Waals surface area contributed by atoms with Gasteiger partial charge in [0.25, 0.3) is 0 Å². The number of amides is 1. The smallest absolute Gasteiger partial charge is 0.222 e. The SMILES string of the molecule is NC(=O)C1CNCCC1c1ccccc1. The molecule has 1 fully saturated rings. The third-order valence-corrected chi connectivity index (χ3v) is 3.08. The largest absolute Gasteiger partial charge is 0.369 e. The summed E-state index contributed by atoms with van der Waals surface area (Å²) in [5.41, 5.74) is 6.64. The van der Waals surface area contributed by atoms with Gasteiger partial charge in [-0.15, -0.1) is 0 Å². The highest BCUT2D eigenvalue weighted by atomic mass is 16.1. The number of hydrogen-bond donors (Lipinski definition) is 2. The predicted molar refractivity (Wildman–Crippen MR) is 59.4 cm³/mol. The summed E-state index contributed by atoms with van der Waals surface area (Å²) in [6.45, 7) is 1.66. The van der Waals surface area contributed by atoms with Crippen molar-refractivity contribution < 1.29 is 4.79 Å². The Balaban J connectivity index is 2.22. The second-order valence-electron chi connectivity index (χ2n) is 4.02. The van der Waals surface area contributed by atoms with Crippen LogP contribution in [0, 0.1) is 5.92 Å². The number of benzene rings is 1. The van der Waals surface area contributed by atoms with Crippen molar-refractivity contribution in [3.05, 3.63) is 35.9 Å². The molecule has 1 aliphatic heterocycles. The molecule has 0 aromatic heterocycles. The van der Waals surface area contributed by atoms with Crippen LogP contribution in [-0.4, -0.2) is 19.0 Å². The fourth-order valence-electron chi connectivity index (χ4n) is 2.26. The van der Waals surface area contributed by atoms with E-state index in [0.717, 1.165) is 13.0 Å². The molecule has 2 unspecified atom stereocenters. The first kappa shape index (κ1) is 10.2. The number of piperidine rings is 1. The Morgan fingerprint density at radius 2 is 2.07 bits per heavy atom. The Morgan fingerprint density at radius 1 is 1.33 bits per heavy atom. The first-order valence-electron chi connectivity index (χ1n) is 5.34. The van der Waals surface area contributed by atoms with Gasteiger partial charge in [-0.1, -0.05) is 30.3 Å². The fourth-order valence-corrected chi connectivity index (χ4v) is 2.26. The first-order valence-corrected chi connectivity index (χ1v) is 5.34. The zero-order valence-electron chi connectivity index (χ0n) is 8.65. The van der Waals surface area contributed by atoms with Crippen molar-refractivity contribution >= 4 is 5.91 Å². The molecule has 3 heteroatoms. The molecule has 1 saturated heterocycles. The summed E-state index contributed by atoms with van der Waals surface area (Å²) in [5, 5.41) is 3.22. The minimum absolute atomic E-state index is 0.0684. The van der Waals surface area contributed by atoms with Crippen LogP contribution in [0.25, 0.3) is 0 Å². The van der Waals surface area contributed by atoms with Gasteiger partial charge in [0, 0.05) is 6.54 Å². The summed E-state index contributed by atoms with van der Waals surface area (Å²) in [7, 11) is 0. The molecule has 0 spiro atoms. The van der Waals surface area contributed by atoms with E-state index in [0.29, 0.717) is 6.54 Å². The van der Waals surface area contributed by atoms with Crippen LogP contribution in [0.2, 0.25) is 0 Å². The second kappa shape index (κ2) is 4.45. The number of carbonyl (C=O) groups excluding carboxylic acids is 1. The van der Waals surface area contributed by atoms with Crippen LogP contribution in [0.4, 0.5) is 0 Å². The van der Waals surface area contributed by atoms with Crippen LogP contribution in [0.15, 0.2) is 30.3 Å². The summed E-state index contributed by atoms with van der Waals surface area (Å²) in [4.78, 5) is 11.3. The van der Waals surface area contributed by atoms with Crippen molar-refractivity contribution in [2.45, 2.75) is 12.3 Å². The van der Waals surface area contributed by atoms with Crippen LogP contribution >= 0.6 is 0 Å². The number of nitrogens with one attached hydrogen (secondary N) is 1. The molecule has 2 rings (SSSR count). The van der Waals surface area contributed by atoms with Crippen molar-refractivity contribution in [1.29, 1.82) is 0 Å². The second-order valence-corrected chi connectivity index (χ2v) is 4.02. The molecule has 0 saturated carbocycles. The van der Waals surface area contributed by atoms with Gasteiger partial charge in [-0.25, -0.2) is 0 Å². The van der Waals surface area contributed by atoms with E-state index in [9.17, 15) is 4.79 Å². The average molecular weight is 204 g/mol. The van der Waals surface area contributed by atoms with Crippen LogP contribution < -0.4 is 11.1 Å². The molecule has 1 aliphatic rings. The van der Waals surface area contributed by atoms with Crippen LogP contribution in [0.1, 0.15) is 17.9 Å². The monoisotopic (exact) mass is 204 g/mol. The number of rotatable bonds is 2. The number of carbonyl (C=O) groups is 1. The molecule has 80 valence electrons. The Hall–Kier alpha value is -1.35. The van der Waals surface area contributed by atoms with E-state index in [1.54, 1.807) is 0 Å². The maximum absolute atomic E-state index is 11.3. The molecule has 0 bridgehead atoms. The van der Waals surface area contributed by atoms with Gasteiger partial charge in [-0.3, -0.25) is 4.79 Å². The minimum atomic E-state index is -0.198. The summed E-state index contributed by atoms with van der Waals surface area (Å²) in [6, 6.07) is 10.2. The van der Waals surface area contributed by atoms with Crippen LogP contribution in [0.5, 0.6) is 0 Å². The Kier molecular flexibility index (Phi) is 3.02. The predicted octanol–water partition coefficient (Wildman–Crippen LogP) is 0.865. The average Bonchev–Trinajstić information content (AvgIpc) is 2.30. The summed E-state index contributed by atoms with van der Waals surface area (Å²) < 4.78 is 0. The summed E-state index contributed by atoms with van der Waals surface area (Å²) in [5.74, 6) is 0.0159. The number of hydrogen-bond acceptors (Lipinski definition) is 2. The van der Waals surface area contributed by atoms with Gasteiger partial charge in [-0.2, -0.15) is 0 Å². The van der Waals surface area contributed by atoms with Gasteiger partial charge >= 0.3 is 0 Å². The van der Waals surface area contributed by atoms with E-state index in [1.807, 2.05) is 18.2 Å². The Labute approximate surface area is 89.7 Å². The van der Waals surface area contributed by atoms with Crippen molar-refractivity contribution in [3.63, 3.8) is 0 Å². The maximum Gasteiger partial charge on any atom is 0.222 e. The van der Waals surface area contributed by atoms with Gasteiger partial charge in [0.1, 0.15) is 0 Å². The van der Waals surface area contributed by atoms with E-state index >= 15 is 0 Å².